The maximum atomic E-state index is 11.2. The lowest BCUT2D eigenvalue weighted by Crippen LogP contribution is -2.53. The van der Waals surface area contributed by atoms with E-state index in [1.54, 1.807) is 0 Å². The van der Waals surface area contributed by atoms with Crippen LogP contribution in [0, 0.1) is 52.3 Å². The molecule has 1 N–H and O–H groups in total. The van der Waals surface area contributed by atoms with E-state index in [9.17, 15) is 9.90 Å². The Morgan fingerprint density at radius 1 is 1.04 bits per heavy atom. The molecule has 0 saturated heterocycles. The van der Waals surface area contributed by atoms with E-state index in [1.807, 2.05) is 0 Å². The van der Waals surface area contributed by atoms with E-state index in [1.165, 1.54) is 64.2 Å². The fourth-order valence-corrected chi connectivity index (χ4v) is 9.58. The van der Waals surface area contributed by atoms with Gasteiger partial charge >= 0.3 is 5.97 Å². The zero-order valence-electron chi connectivity index (χ0n) is 18.9. The van der Waals surface area contributed by atoms with Gasteiger partial charge in [-0.3, -0.25) is 4.79 Å². The molecule has 4 aliphatic carbocycles. The van der Waals surface area contributed by atoms with E-state index in [4.69, 9.17) is 0 Å². The number of hydrogen-bond acceptors (Lipinski definition) is 1. The summed E-state index contributed by atoms with van der Waals surface area (Å²) in [6, 6.07) is 0. The highest BCUT2D eigenvalue weighted by atomic mass is 16.4. The summed E-state index contributed by atoms with van der Waals surface area (Å²) in [5, 5.41) is 9.22. The highest BCUT2D eigenvalue weighted by molar-refractivity contribution is 5.66. The first-order chi connectivity index (χ1) is 13.3. The van der Waals surface area contributed by atoms with Crippen LogP contribution in [0.15, 0.2) is 0 Å². The molecule has 2 heteroatoms. The summed E-state index contributed by atoms with van der Waals surface area (Å²) in [6.45, 7) is 10.1. The predicted molar refractivity (Wildman–Crippen MR) is 115 cm³/mol. The van der Waals surface area contributed by atoms with E-state index in [-0.39, 0.29) is 0 Å². The predicted octanol–water partition coefficient (Wildman–Crippen LogP) is 7.17. The number of hydrogen-bond donors (Lipinski definition) is 1. The first-order valence-corrected chi connectivity index (χ1v) is 12.5. The number of carboxylic acid groups (broad SMARTS) is 1. The van der Waals surface area contributed by atoms with Crippen molar-refractivity contribution in [1.29, 1.82) is 0 Å². The lowest BCUT2D eigenvalue weighted by molar-refractivity contribution is -0.137. The summed E-state index contributed by atoms with van der Waals surface area (Å²) in [5.41, 5.74) is 1.08. The van der Waals surface area contributed by atoms with Crippen molar-refractivity contribution < 1.29 is 9.90 Å². The Kier molecular flexibility index (Phi) is 5.64. The van der Waals surface area contributed by atoms with Gasteiger partial charge in [0.1, 0.15) is 0 Å². The van der Waals surface area contributed by atoms with Crippen molar-refractivity contribution in [2.45, 2.75) is 105 Å². The smallest absolute Gasteiger partial charge is 0.303 e. The van der Waals surface area contributed by atoms with Crippen LogP contribution in [-0.4, -0.2) is 11.1 Å². The van der Waals surface area contributed by atoms with Crippen LogP contribution < -0.4 is 0 Å². The molecule has 0 radical (unpaired) electrons. The third kappa shape index (κ3) is 3.16. The highest BCUT2D eigenvalue weighted by Crippen LogP contribution is 2.69. The first-order valence-electron chi connectivity index (χ1n) is 12.5. The number of carboxylic acids is 1. The van der Waals surface area contributed by atoms with Crippen LogP contribution in [0.5, 0.6) is 0 Å². The molecule has 28 heavy (non-hydrogen) atoms. The minimum atomic E-state index is -0.619. The van der Waals surface area contributed by atoms with Crippen LogP contribution in [-0.2, 0) is 4.79 Å². The van der Waals surface area contributed by atoms with E-state index >= 15 is 0 Å². The van der Waals surface area contributed by atoms with Crippen LogP contribution >= 0.6 is 0 Å². The van der Waals surface area contributed by atoms with Crippen molar-refractivity contribution in [2.75, 3.05) is 0 Å². The van der Waals surface area contributed by atoms with Gasteiger partial charge in [-0.2, -0.15) is 0 Å². The minimum absolute atomic E-state index is 0.348. The molecule has 0 amide bonds. The van der Waals surface area contributed by atoms with E-state index in [0.717, 1.165) is 41.9 Å². The number of carbonyl (C=O) groups is 1. The summed E-state index contributed by atoms with van der Waals surface area (Å²) in [5.74, 6) is 5.29. The number of rotatable bonds is 5. The van der Waals surface area contributed by atoms with E-state index in [2.05, 4.69) is 27.7 Å². The Balaban J connectivity index is 1.58. The average Bonchev–Trinajstić information content (AvgIpc) is 2.98. The van der Waals surface area contributed by atoms with Crippen LogP contribution in [0.2, 0.25) is 0 Å². The molecule has 4 fully saturated rings. The van der Waals surface area contributed by atoms with Gasteiger partial charge in [0.05, 0.1) is 0 Å². The number of fused-ring (bicyclic) bond motifs is 5. The summed E-state index contributed by atoms with van der Waals surface area (Å²) in [7, 11) is 0. The molecule has 4 rings (SSSR count). The molecule has 4 aliphatic rings. The Morgan fingerprint density at radius 3 is 2.54 bits per heavy atom. The topological polar surface area (TPSA) is 37.3 Å². The van der Waals surface area contributed by atoms with Crippen molar-refractivity contribution >= 4 is 5.97 Å². The number of aliphatic carboxylic acids is 1. The molecule has 0 aromatic rings. The maximum absolute atomic E-state index is 11.2. The lowest BCUT2D eigenvalue weighted by Gasteiger charge is -2.61. The summed E-state index contributed by atoms with van der Waals surface area (Å²) in [4.78, 5) is 11.2. The van der Waals surface area contributed by atoms with E-state index in [0.29, 0.717) is 23.2 Å². The van der Waals surface area contributed by atoms with Crippen molar-refractivity contribution in [3.8, 4) is 0 Å². The summed E-state index contributed by atoms with van der Waals surface area (Å²) >= 11 is 0. The van der Waals surface area contributed by atoms with Gasteiger partial charge in [-0.15, -0.1) is 0 Å². The highest BCUT2D eigenvalue weighted by Gasteiger charge is 2.62. The van der Waals surface area contributed by atoms with Gasteiger partial charge < -0.3 is 5.11 Å². The van der Waals surface area contributed by atoms with Gasteiger partial charge in [0.15, 0.2) is 0 Å². The second-order valence-corrected chi connectivity index (χ2v) is 11.8. The maximum Gasteiger partial charge on any atom is 0.303 e. The van der Waals surface area contributed by atoms with Crippen LogP contribution in [0.4, 0.5) is 0 Å². The molecule has 9 atom stereocenters. The molecular weight excluding hydrogens is 344 g/mol. The third-order valence-corrected chi connectivity index (χ3v) is 10.8. The molecule has 0 aliphatic heterocycles. The zero-order valence-corrected chi connectivity index (χ0v) is 18.9. The van der Waals surface area contributed by atoms with Crippen LogP contribution in [0.1, 0.15) is 105 Å². The molecule has 0 aromatic heterocycles. The summed E-state index contributed by atoms with van der Waals surface area (Å²) in [6.07, 6.45) is 15.7. The quantitative estimate of drug-likeness (QED) is 0.542. The molecule has 2 nitrogen and oxygen atoms in total. The second kappa shape index (κ2) is 7.62. The standard InChI is InChI=1S/C26H44O2/c1-5-18-16-22-20-11-10-19-8-6-7-14-25(19,3)21(20)13-15-26(22,4)24(18)17(2)9-12-23(27)28/h17-22,24H,5-16H2,1-4H3,(H,27,28)/t17-,18?,19?,20-,21+,22+,24+,25+,26+/m1/s1. The van der Waals surface area contributed by atoms with Gasteiger partial charge in [0.25, 0.3) is 0 Å². The Morgan fingerprint density at radius 2 is 1.82 bits per heavy atom. The van der Waals surface area contributed by atoms with Gasteiger partial charge in [0, 0.05) is 6.42 Å². The third-order valence-electron chi connectivity index (χ3n) is 10.8. The Labute approximate surface area is 173 Å². The molecule has 160 valence electrons. The van der Waals surface area contributed by atoms with E-state index < -0.39 is 5.97 Å². The Bertz CT molecular complexity index is 585. The van der Waals surface area contributed by atoms with Crippen molar-refractivity contribution in [3.63, 3.8) is 0 Å². The van der Waals surface area contributed by atoms with Gasteiger partial charge in [0.2, 0.25) is 0 Å². The fourth-order valence-electron chi connectivity index (χ4n) is 9.58. The lowest BCUT2D eigenvalue weighted by atomic mass is 9.44. The molecule has 0 aromatic carbocycles. The minimum Gasteiger partial charge on any atom is -0.481 e. The summed E-state index contributed by atoms with van der Waals surface area (Å²) < 4.78 is 0. The molecule has 4 saturated carbocycles. The fraction of sp³-hybridized carbons (Fsp3) is 0.962. The zero-order chi connectivity index (χ0) is 20.1. The van der Waals surface area contributed by atoms with Crippen molar-refractivity contribution in [1.82, 2.24) is 0 Å². The molecule has 0 spiro atoms. The molecule has 0 bridgehead atoms. The largest absolute Gasteiger partial charge is 0.481 e. The van der Waals surface area contributed by atoms with Gasteiger partial charge in [-0.25, -0.2) is 0 Å². The molecule has 2 unspecified atom stereocenters. The first kappa shape index (κ1) is 20.7. The molecule has 0 heterocycles. The normalized spacial score (nSPS) is 49.0. The van der Waals surface area contributed by atoms with Gasteiger partial charge in [-0.05, 0) is 104 Å². The molecular formula is C26H44O2. The van der Waals surface area contributed by atoms with Crippen molar-refractivity contribution in [3.05, 3.63) is 0 Å². The van der Waals surface area contributed by atoms with Crippen LogP contribution in [0.25, 0.3) is 0 Å². The van der Waals surface area contributed by atoms with Crippen molar-refractivity contribution in [2.24, 2.45) is 52.3 Å². The second-order valence-electron chi connectivity index (χ2n) is 11.8. The Hall–Kier alpha value is -0.530. The SMILES string of the molecule is CCC1C[C@H]2[C@@H]3CCC4CCCC[C@]4(C)[C@H]3CC[C@]2(C)[C@H]1[C@H](C)CCC(=O)O. The average molecular weight is 389 g/mol. The van der Waals surface area contributed by atoms with Crippen LogP contribution in [0.3, 0.4) is 0 Å². The monoisotopic (exact) mass is 388 g/mol. The van der Waals surface area contributed by atoms with Gasteiger partial charge in [-0.1, -0.05) is 47.0 Å².